The molecule has 0 atom stereocenters. The van der Waals surface area contributed by atoms with Gasteiger partial charge in [-0.2, -0.15) is 0 Å². The van der Waals surface area contributed by atoms with Gasteiger partial charge >= 0.3 is 0 Å². The molecule has 0 saturated carbocycles. The largest absolute Gasteiger partial charge is 0.368 e. The van der Waals surface area contributed by atoms with Crippen molar-refractivity contribution in [2.24, 2.45) is 0 Å². The summed E-state index contributed by atoms with van der Waals surface area (Å²) in [5.74, 6) is 5.65. The lowest BCUT2D eigenvalue weighted by atomic mass is 10.2. The van der Waals surface area contributed by atoms with Gasteiger partial charge in [0, 0.05) is 6.42 Å². The normalized spacial score (nSPS) is 11.5. The van der Waals surface area contributed by atoms with Crippen molar-refractivity contribution in [1.29, 1.82) is 0 Å². The van der Waals surface area contributed by atoms with Crippen LogP contribution >= 0.6 is 0 Å². The Bertz CT molecular complexity index is 280. The topological polar surface area (TPSA) is 9.23 Å². The zero-order chi connectivity index (χ0) is 11.9. The maximum absolute atomic E-state index is 5.29. The minimum Gasteiger partial charge on any atom is -0.368 e. The molecule has 0 aliphatic heterocycles. The lowest BCUT2D eigenvalue weighted by Gasteiger charge is -2.31. The molecule has 0 aliphatic rings. The molecular formula is C13H22OSi. The summed E-state index contributed by atoms with van der Waals surface area (Å²) in [6, 6.07) is 0. The minimum atomic E-state index is -1.45. The Morgan fingerprint density at radius 2 is 1.87 bits per heavy atom. The number of hydrogen-bond donors (Lipinski definition) is 0. The molecule has 0 aliphatic carbocycles. The van der Waals surface area contributed by atoms with Crippen LogP contribution in [0.25, 0.3) is 0 Å². The van der Waals surface area contributed by atoms with E-state index < -0.39 is 8.07 Å². The molecule has 0 bridgehead atoms. The van der Waals surface area contributed by atoms with E-state index in [9.17, 15) is 0 Å². The summed E-state index contributed by atoms with van der Waals surface area (Å²) in [7, 11) is -1.45. The van der Waals surface area contributed by atoms with Gasteiger partial charge in [0.15, 0.2) is 0 Å². The van der Waals surface area contributed by atoms with Crippen molar-refractivity contribution in [1.82, 2.24) is 0 Å². The Morgan fingerprint density at radius 1 is 1.27 bits per heavy atom. The molecule has 0 heterocycles. The highest BCUT2D eigenvalue weighted by Gasteiger charge is 2.33. The molecular weight excluding hydrogens is 200 g/mol. The fraction of sp³-hybridized carbons (Fsp3) is 0.692. The van der Waals surface area contributed by atoms with Gasteiger partial charge in [-0.1, -0.05) is 39.8 Å². The Kier molecular flexibility index (Phi) is 5.72. The SMILES string of the molecule is C#CCCOCC#C[Si](C)(C)C(C)(C)C. The Balaban J connectivity index is 4.02. The summed E-state index contributed by atoms with van der Waals surface area (Å²) in [6.07, 6.45) is 5.78. The molecule has 84 valence electrons. The molecule has 0 aromatic heterocycles. The Hall–Kier alpha value is -0.703. The molecule has 0 radical (unpaired) electrons. The smallest absolute Gasteiger partial charge is 0.137 e. The van der Waals surface area contributed by atoms with E-state index >= 15 is 0 Å². The maximum atomic E-state index is 5.29. The number of rotatable bonds is 3. The number of ether oxygens (including phenoxy) is 1. The first kappa shape index (κ1) is 14.3. The Morgan fingerprint density at radius 3 is 2.33 bits per heavy atom. The summed E-state index contributed by atoms with van der Waals surface area (Å²) in [6.45, 7) is 12.5. The van der Waals surface area contributed by atoms with Gasteiger partial charge < -0.3 is 4.74 Å². The number of hydrogen-bond acceptors (Lipinski definition) is 1. The summed E-state index contributed by atoms with van der Waals surface area (Å²) in [5.41, 5.74) is 3.39. The first-order chi connectivity index (χ1) is 6.81. The van der Waals surface area contributed by atoms with Crippen LogP contribution in [0.15, 0.2) is 0 Å². The van der Waals surface area contributed by atoms with E-state index in [1.807, 2.05) is 0 Å². The molecule has 0 unspecified atom stereocenters. The third-order valence-corrected chi connectivity index (χ3v) is 7.39. The van der Waals surface area contributed by atoms with E-state index in [1.165, 1.54) is 0 Å². The van der Waals surface area contributed by atoms with E-state index in [0.29, 0.717) is 24.7 Å². The van der Waals surface area contributed by atoms with Crippen LogP contribution in [0.4, 0.5) is 0 Å². The van der Waals surface area contributed by atoms with Gasteiger partial charge in [0.1, 0.15) is 14.7 Å². The summed E-state index contributed by atoms with van der Waals surface area (Å²) >= 11 is 0. The van der Waals surface area contributed by atoms with Crippen LogP contribution in [0.5, 0.6) is 0 Å². The standard InChI is InChI=1S/C13H22OSi/c1-7-8-10-14-11-9-12-15(5,6)13(2,3)4/h1H,8,10-11H2,2-6H3. The second-order valence-electron chi connectivity index (χ2n) is 5.18. The van der Waals surface area contributed by atoms with Gasteiger partial charge in [-0.15, -0.1) is 17.9 Å². The fourth-order valence-corrected chi connectivity index (χ4v) is 1.59. The summed E-state index contributed by atoms with van der Waals surface area (Å²) in [4.78, 5) is 0. The van der Waals surface area contributed by atoms with Crippen LogP contribution in [0.1, 0.15) is 27.2 Å². The van der Waals surface area contributed by atoms with E-state index in [4.69, 9.17) is 11.2 Å². The second kappa shape index (κ2) is 6.01. The van der Waals surface area contributed by atoms with E-state index in [0.717, 1.165) is 0 Å². The predicted octanol–water partition coefficient (Wildman–Crippen LogP) is 3.08. The zero-order valence-electron chi connectivity index (χ0n) is 10.6. The molecule has 0 saturated heterocycles. The van der Waals surface area contributed by atoms with Gasteiger partial charge in [-0.05, 0) is 5.04 Å². The Labute approximate surface area is 95.6 Å². The van der Waals surface area contributed by atoms with Crippen LogP contribution in [-0.2, 0) is 4.74 Å². The van der Waals surface area contributed by atoms with Crippen LogP contribution in [0.3, 0.4) is 0 Å². The van der Waals surface area contributed by atoms with Gasteiger partial charge in [0.2, 0.25) is 0 Å². The molecule has 0 aromatic carbocycles. The monoisotopic (exact) mass is 222 g/mol. The van der Waals surface area contributed by atoms with Gasteiger partial charge in [0.25, 0.3) is 0 Å². The number of terminal acetylenes is 1. The van der Waals surface area contributed by atoms with Gasteiger partial charge in [-0.25, -0.2) is 0 Å². The van der Waals surface area contributed by atoms with Crippen molar-refractivity contribution in [3.8, 4) is 23.8 Å². The van der Waals surface area contributed by atoms with E-state index in [2.05, 4.69) is 51.2 Å². The fourth-order valence-electron chi connectivity index (χ4n) is 0.699. The first-order valence-electron chi connectivity index (χ1n) is 5.32. The van der Waals surface area contributed by atoms with Crippen LogP contribution < -0.4 is 0 Å². The van der Waals surface area contributed by atoms with Crippen molar-refractivity contribution in [3.63, 3.8) is 0 Å². The predicted molar refractivity (Wildman–Crippen MR) is 69.2 cm³/mol. The molecule has 15 heavy (non-hydrogen) atoms. The third-order valence-electron chi connectivity index (χ3n) is 2.84. The highest BCUT2D eigenvalue weighted by Crippen LogP contribution is 2.34. The quantitative estimate of drug-likeness (QED) is 0.405. The van der Waals surface area contributed by atoms with E-state index in [1.54, 1.807) is 0 Å². The third kappa shape index (κ3) is 5.67. The summed E-state index contributed by atoms with van der Waals surface area (Å²) < 4.78 is 5.29. The molecule has 0 aromatic rings. The zero-order valence-corrected chi connectivity index (χ0v) is 11.6. The second-order valence-corrected chi connectivity index (χ2v) is 10.2. The molecule has 0 N–H and O–H groups in total. The maximum Gasteiger partial charge on any atom is 0.137 e. The molecule has 0 spiro atoms. The average Bonchev–Trinajstić information content (AvgIpc) is 2.09. The average molecular weight is 222 g/mol. The highest BCUT2D eigenvalue weighted by molar-refractivity contribution is 6.87. The van der Waals surface area contributed by atoms with Crippen molar-refractivity contribution in [2.75, 3.05) is 13.2 Å². The van der Waals surface area contributed by atoms with Crippen molar-refractivity contribution >= 4 is 8.07 Å². The molecule has 0 rings (SSSR count). The summed E-state index contributed by atoms with van der Waals surface area (Å²) in [5, 5.41) is 0.318. The van der Waals surface area contributed by atoms with Crippen LogP contribution in [0.2, 0.25) is 18.1 Å². The first-order valence-corrected chi connectivity index (χ1v) is 8.32. The minimum absolute atomic E-state index is 0.318. The van der Waals surface area contributed by atoms with Crippen LogP contribution in [0, 0.1) is 23.8 Å². The lowest BCUT2D eigenvalue weighted by molar-refractivity contribution is 0.174. The van der Waals surface area contributed by atoms with Crippen molar-refractivity contribution < 1.29 is 4.74 Å². The molecule has 0 fully saturated rings. The highest BCUT2D eigenvalue weighted by atomic mass is 28.3. The van der Waals surface area contributed by atoms with Crippen LogP contribution in [-0.4, -0.2) is 21.3 Å². The molecule has 0 amide bonds. The van der Waals surface area contributed by atoms with Crippen molar-refractivity contribution in [3.05, 3.63) is 0 Å². The van der Waals surface area contributed by atoms with Crippen molar-refractivity contribution in [2.45, 2.75) is 45.3 Å². The lowest BCUT2D eigenvalue weighted by Crippen LogP contribution is -2.35. The van der Waals surface area contributed by atoms with Gasteiger partial charge in [-0.3, -0.25) is 0 Å². The molecule has 1 nitrogen and oxygen atoms in total. The molecule has 2 heteroatoms. The van der Waals surface area contributed by atoms with E-state index in [-0.39, 0.29) is 0 Å². The van der Waals surface area contributed by atoms with Gasteiger partial charge in [0.05, 0.1) is 6.61 Å².